The molecule has 1 aromatic carbocycles. The summed E-state index contributed by atoms with van der Waals surface area (Å²) in [5.41, 5.74) is 4.80. The minimum atomic E-state index is -0.500. The van der Waals surface area contributed by atoms with E-state index in [0.29, 0.717) is 17.3 Å². The Morgan fingerprint density at radius 2 is 1.29 bits per heavy atom. The van der Waals surface area contributed by atoms with Crippen molar-refractivity contribution >= 4 is 5.69 Å². The number of hydrogen-bond acceptors (Lipinski definition) is 2. The Kier molecular flexibility index (Phi) is 8.22. The predicted molar refractivity (Wildman–Crippen MR) is 142 cm³/mol. The molecule has 3 heteroatoms. The summed E-state index contributed by atoms with van der Waals surface area (Å²) in [5, 5.41) is 8.52. The third kappa shape index (κ3) is 5.36. The van der Waals surface area contributed by atoms with Gasteiger partial charge in [0.2, 0.25) is 0 Å². The van der Waals surface area contributed by atoms with Gasteiger partial charge in [-0.3, -0.25) is 0 Å². The molecule has 1 aliphatic heterocycles. The third-order valence-corrected chi connectivity index (χ3v) is 9.00. The summed E-state index contributed by atoms with van der Waals surface area (Å²) in [4.78, 5) is 2.78. The molecule has 6 rings (SSSR count). The summed E-state index contributed by atoms with van der Waals surface area (Å²) in [5.74, 6) is 5.12. The maximum Gasteiger partial charge on any atom is 1.00 e. The zero-order valence-electron chi connectivity index (χ0n) is 23.2. The van der Waals surface area contributed by atoms with Gasteiger partial charge in [-0.1, -0.05) is 64.2 Å². The van der Waals surface area contributed by atoms with Crippen LogP contribution in [-0.2, 0) is 22.4 Å². The molecular formula is C31H50AuNO. The number of aliphatic hydroxyl groups is 1. The van der Waals surface area contributed by atoms with Crippen molar-refractivity contribution in [3.63, 3.8) is 0 Å². The van der Waals surface area contributed by atoms with Crippen LogP contribution in [0.1, 0.15) is 124 Å². The minimum Gasteiger partial charge on any atom is -0.517 e. The van der Waals surface area contributed by atoms with Gasteiger partial charge in [-0.15, -0.1) is 5.41 Å². The van der Waals surface area contributed by atoms with Crippen LogP contribution in [-0.4, -0.2) is 16.2 Å². The van der Waals surface area contributed by atoms with Crippen molar-refractivity contribution in [1.82, 2.24) is 0 Å². The van der Waals surface area contributed by atoms with Gasteiger partial charge in [0.15, 0.2) is 0 Å². The number of rotatable bonds is 3. The third-order valence-electron chi connectivity index (χ3n) is 9.00. The van der Waals surface area contributed by atoms with Gasteiger partial charge in [0, 0.05) is 11.2 Å². The first-order chi connectivity index (χ1) is 15.2. The quantitative estimate of drug-likeness (QED) is 0.263. The summed E-state index contributed by atoms with van der Waals surface area (Å²) in [6.45, 7) is 22.5. The molecule has 1 spiro atoms. The second-order valence-corrected chi connectivity index (χ2v) is 14.2. The average molecular weight is 650 g/mol. The summed E-state index contributed by atoms with van der Waals surface area (Å²) in [6.07, 6.45) is 8.95. The first-order valence-electron chi connectivity index (χ1n) is 13.7. The molecule has 4 aliphatic carbocycles. The average Bonchev–Trinajstić information content (AvgIpc) is 2.95. The molecular weight excluding hydrogens is 599 g/mol. The molecule has 5 fully saturated rings. The van der Waals surface area contributed by atoms with Gasteiger partial charge in [-0.25, -0.2) is 6.54 Å². The van der Waals surface area contributed by atoms with Crippen LogP contribution in [0.2, 0.25) is 0 Å². The van der Waals surface area contributed by atoms with E-state index in [1.165, 1.54) is 43.2 Å². The van der Waals surface area contributed by atoms with Crippen molar-refractivity contribution in [1.29, 1.82) is 0 Å². The Labute approximate surface area is 226 Å². The van der Waals surface area contributed by atoms with Crippen molar-refractivity contribution in [2.75, 3.05) is 4.90 Å². The summed E-state index contributed by atoms with van der Waals surface area (Å²) >= 11 is 0. The number of anilines is 1. The van der Waals surface area contributed by atoms with Gasteiger partial charge < -0.3 is 10.0 Å². The fraction of sp³-hybridized carbons (Fsp3) is 0.774. The first-order valence-corrected chi connectivity index (χ1v) is 13.7. The van der Waals surface area contributed by atoms with Crippen molar-refractivity contribution in [2.24, 2.45) is 29.1 Å². The molecule has 1 saturated heterocycles. The molecule has 1 heterocycles. The zero-order valence-corrected chi connectivity index (χ0v) is 25.4. The van der Waals surface area contributed by atoms with Crippen molar-refractivity contribution in [3.05, 3.63) is 35.9 Å². The van der Waals surface area contributed by atoms with E-state index in [1.807, 2.05) is 0 Å². The second-order valence-electron chi connectivity index (χ2n) is 14.2. The molecule has 0 unspecified atom stereocenters. The summed E-state index contributed by atoms with van der Waals surface area (Å²) in [6, 6.07) is 7.06. The molecule has 0 radical (unpaired) electrons. The molecule has 4 bridgehead atoms. The molecule has 1 aromatic rings. The van der Waals surface area contributed by atoms with Gasteiger partial charge in [0.25, 0.3) is 0 Å². The molecule has 2 nitrogen and oxygen atoms in total. The topological polar surface area (TPSA) is 23.5 Å². The zero-order chi connectivity index (χ0) is 24.3. The molecule has 0 amide bonds. The number of nitrogens with zero attached hydrogens (tertiary/aromatic N) is 1. The Bertz CT molecular complexity index is 789. The Morgan fingerprint density at radius 3 is 1.68 bits per heavy atom. The standard InChI is InChI=1S/C27H40N.C4H10O.Au/c1-17(2)23-8-7-9-24(18(3)4)25(23)28-16-27(15-26(28,5)6)21-11-19-10-20(13-21)14-22(27)12-19;1-4(2,3)5;/h7-9,16-22H,10-15H2,1-6H3;5H,1-3H3;/q-1;;+1. The first kappa shape index (κ1) is 28.3. The van der Waals surface area contributed by atoms with Crippen LogP contribution in [0.3, 0.4) is 0 Å². The SMILES string of the molecule is CC(C)(C)O.CC(C)c1cccc(C(C)C)c1N1[CH-]C2(CC1(C)C)C1CC3CC(C1)CC2C3.[Au+]. The van der Waals surface area contributed by atoms with E-state index in [-0.39, 0.29) is 27.9 Å². The van der Waals surface area contributed by atoms with Crippen LogP contribution < -0.4 is 4.90 Å². The second kappa shape index (κ2) is 9.88. The van der Waals surface area contributed by atoms with E-state index in [9.17, 15) is 0 Å². The minimum absolute atomic E-state index is 0. The van der Waals surface area contributed by atoms with Crippen molar-refractivity contribution < 1.29 is 27.5 Å². The normalized spacial score (nSPS) is 33.4. The number of para-hydroxylation sites is 1. The molecule has 0 atom stereocenters. The molecule has 0 aromatic heterocycles. The van der Waals surface area contributed by atoms with E-state index >= 15 is 0 Å². The predicted octanol–water partition coefficient (Wildman–Crippen LogP) is 8.30. The number of benzene rings is 1. The van der Waals surface area contributed by atoms with Crippen LogP contribution >= 0.6 is 0 Å². The molecule has 196 valence electrons. The maximum atomic E-state index is 8.52. The monoisotopic (exact) mass is 649 g/mol. The van der Waals surface area contributed by atoms with Crippen LogP contribution in [0.5, 0.6) is 0 Å². The van der Waals surface area contributed by atoms with E-state index < -0.39 is 5.60 Å². The fourth-order valence-electron chi connectivity index (χ4n) is 8.01. The Hall–Kier alpha value is -0.280. The van der Waals surface area contributed by atoms with Gasteiger partial charge in [0.1, 0.15) is 0 Å². The van der Waals surface area contributed by atoms with Crippen molar-refractivity contribution in [3.8, 4) is 0 Å². The van der Waals surface area contributed by atoms with Crippen LogP contribution in [0.25, 0.3) is 0 Å². The van der Waals surface area contributed by atoms with Gasteiger partial charge in [0.05, 0.1) is 5.60 Å². The van der Waals surface area contributed by atoms with Gasteiger partial charge in [-0.2, -0.15) is 0 Å². The van der Waals surface area contributed by atoms with E-state index in [1.54, 1.807) is 32.9 Å². The number of hydrogen-bond donors (Lipinski definition) is 1. The smallest absolute Gasteiger partial charge is 0.517 e. The molecule has 1 N–H and O–H groups in total. The van der Waals surface area contributed by atoms with Crippen molar-refractivity contribution in [2.45, 2.75) is 124 Å². The molecule has 34 heavy (non-hydrogen) atoms. The Morgan fingerprint density at radius 1 is 0.882 bits per heavy atom. The maximum absolute atomic E-state index is 8.52. The van der Waals surface area contributed by atoms with Gasteiger partial charge in [-0.05, 0) is 102 Å². The van der Waals surface area contributed by atoms with Gasteiger partial charge >= 0.3 is 22.4 Å². The largest absolute Gasteiger partial charge is 1.00 e. The van der Waals surface area contributed by atoms with E-state index in [2.05, 4.69) is 71.2 Å². The van der Waals surface area contributed by atoms with Crippen LogP contribution in [0.15, 0.2) is 18.2 Å². The van der Waals surface area contributed by atoms with E-state index in [4.69, 9.17) is 5.11 Å². The summed E-state index contributed by atoms with van der Waals surface area (Å²) < 4.78 is 0. The van der Waals surface area contributed by atoms with E-state index in [0.717, 1.165) is 23.7 Å². The van der Waals surface area contributed by atoms with Crippen LogP contribution in [0.4, 0.5) is 5.69 Å². The Balaban J connectivity index is 0.000000492. The molecule has 4 saturated carbocycles. The fourth-order valence-corrected chi connectivity index (χ4v) is 8.01. The molecule has 5 aliphatic rings. The summed E-state index contributed by atoms with van der Waals surface area (Å²) in [7, 11) is 0. The van der Waals surface area contributed by atoms with Crippen LogP contribution in [0, 0.1) is 35.6 Å².